The van der Waals surface area contributed by atoms with Crippen LogP contribution in [-0.4, -0.2) is 22.2 Å². The lowest BCUT2D eigenvalue weighted by molar-refractivity contribution is 0.493. The summed E-state index contributed by atoms with van der Waals surface area (Å²) in [6.45, 7) is 2.15. The van der Waals surface area contributed by atoms with Gasteiger partial charge in [0.05, 0.1) is 0 Å². The van der Waals surface area contributed by atoms with Gasteiger partial charge in [0.15, 0.2) is 0 Å². The lowest BCUT2D eigenvalue weighted by Crippen LogP contribution is -2.32. The molecule has 1 aromatic carbocycles. The van der Waals surface area contributed by atoms with Crippen molar-refractivity contribution in [2.75, 3.05) is 22.2 Å². The van der Waals surface area contributed by atoms with Crippen LogP contribution in [0.25, 0.3) is 0 Å². The van der Waals surface area contributed by atoms with E-state index < -0.39 is 0 Å². The highest BCUT2D eigenvalue weighted by Crippen LogP contribution is 2.35. The molecule has 4 heteroatoms. The maximum Gasteiger partial charge on any atom is 0.127 e. The minimum atomic E-state index is -0.145. The molecule has 0 aromatic heterocycles. The molecule has 0 aliphatic carbocycles. The van der Waals surface area contributed by atoms with Gasteiger partial charge in [-0.3, -0.25) is 0 Å². The minimum Gasteiger partial charge on any atom is -0.207 e. The number of thioether (sulfide) groups is 1. The van der Waals surface area contributed by atoms with Gasteiger partial charge in [0, 0.05) is 16.1 Å². The molecule has 0 aliphatic rings. The Labute approximate surface area is 124 Å². The molecule has 0 fully saturated rings. The molecule has 0 spiro atoms. The van der Waals surface area contributed by atoms with Gasteiger partial charge in [-0.05, 0) is 29.6 Å². The molecule has 0 heterocycles. The largest absolute Gasteiger partial charge is 0.207 e. The first-order valence-electron chi connectivity index (χ1n) is 5.65. The maximum absolute atomic E-state index is 13.9. The van der Waals surface area contributed by atoms with Crippen LogP contribution in [0.1, 0.15) is 18.9 Å². The number of hydrogen-bond donors (Lipinski definition) is 0. The van der Waals surface area contributed by atoms with Crippen molar-refractivity contribution < 1.29 is 4.39 Å². The summed E-state index contributed by atoms with van der Waals surface area (Å²) in [6.07, 6.45) is 0.975. The highest BCUT2D eigenvalue weighted by atomic mass is 79.9. The van der Waals surface area contributed by atoms with Crippen molar-refractivity contribution in [3.05, 3.63) is 35.6 Å². The Morgan fingerprint density at radius 2 is 1.88 bits per heavy atom. The number of hydrogen-bond acceptors (Lipinski definition) is 1. The monoisotopic (exact) mass is 382 g/mol. The van der Waals surface area contributed by atoms with E-state index in [-0.39, 0.29) is 11.2 Å². The van der Waals surface area contributed by atoms with Crippen LogP contribution in [0.15, 0.2) is 24.3 Å². The fourth-order valence-electron chi connectivity index (χ4n) is 1.75. The Morgan fingerprint density at radius 3 is 2.41 bits per heavy atom. The van der Waals surface area contributed by atoms with Crippen molar-refractivity contribution >= 4 is 43.6 Å². The molecule has 96 valence electrons. The fraction of sp³-hybridized carbons (Fsp3) is 0.538. The predicted octanol–water partition coefficient (Wildman–Crippen LogP) is 5.00. The summed E-state index contributed by atoms with van der Waals surface area (Å²) >= 11 is 9.00. The standard InChI is InChI=1S/C13H17Br2FS/c1-2-17-8-7-13(9-14,10-15)11-5-3-4-6-12(11)16/h3-6H,2,7-10H2,1H3. The minimum absolute atomic E-state index is 0.104. The van der Waals surface area contributed by atoms with E-state index in [1.165, 1.54) is 0 Å². The number of alkyl halides is 2. The summed E-state index contributed by atoms with van der Waals surface area (Å²) in [5.41, 5.74) is 0.665. The van der Waals surface area contributed by atoms with Gasteiger partial charge < -0.3 is 0 Å². The molecular weight excluding hydrogens is 367 g/mol. The van der Waals surface area contributed by atoms with Gasteiger partial charge in [-0.2, -0.15) is 11.8 Å². The first kappa shape index (κ1) is 15.5. The lowest BCUT2D eigenvalue weighted by atomic mass is 9.82. The summed E-state index contributed by atoms with van der Waals surface area (Å²) in [7, 11) is 0. The van der Waals surface area contributed by atoms with E-state index >= 15 is 0 Å². The van der Waals surface area contributed by atoms with Gasteiger partial charge in [0.25, 0.3) is 0 Å². The van der Waals surface area contributed by atoms with E-state index in [2.05, 4.69) is 38.8 Å². The number of rotatable bonds is 7. The zero-order valence-electron chi connectivity index (χ0n) is 9.89. The van der Waals surface area contributed by atoms with Gasteiger partial charge in [-0.15, -0.1) is 0 Å². The Hall–Kier alpha value is 0.460. The Morgan fingerprint density at radius 1 is 1.24 bits per heavy atom. The molecule has 1 aromatic rings. The van der Waals surface area contributed by atoms with Crippen LogP contribution in [0.3, 0.4) is 0 Å². The van der Waals surface area contributed by atoms with Crippen LogP contribution in [-0.2, 0) is 5.41 Å². The summed E-state index contributed by atoms with van der Waals surface area (Å²) in [5, 5.41) is 1.55. The Bertz CT molecular complexity index is 340. The van der Waals surface area contributed by atoms with Crippen LogP contribution in [0, 0.1) is 5.82 Å². The molecule has 0 N–H and O–H groups in total. The van der Waals surface area contributed by atoms with E-state index in [0.717, 1.165) is 34.2 Å². The zero-order chi connectivity index (χ0) is 12.7. The van der Waals surface area contributed by atoms with Crippen LogP contribution >= 0.6 is 43.6 Å². The van der Waals surface area contributed by atoms with E-state index in [0.29, 0.717) is 0 Å². The molecule has 0 aliphatic heterocycles. The number of halogens is 3. The van der Waals surface area contributed by atoms with E-state index in [9.17, 15) is 4.39 Å². The number of benzene rings is 1. The fourth-order valence-corrected chi connectivity index (χ4v) is 4.67. The average molecular weight is 384 g/mol. The molecule has 0 unspecified atom stereocenters. The third-order valence-corrected chi connectivity index (χ3v) is 5.93. The van der Waals surface area contributed by atoms with Crippen molar-refractivity contribution in [3.8, 4) is 0 Å². The highest BCUT2D eigenvalue weighted by molar-refractivity contribution is 9.09. The van der Waals surface area contributed by atoms with Gasteiger partial charge in [0.2, 0.25) is 0 Å². The van der Waals surface area contributed by atoms with Gasteiger partial charge in [-0.25, -0.2) is 4.39 Å². The summed E-state index contributed by atoms with van der Waals surface area (Å²) in [4.78, 5) is 0. The molecule has 17 heavy (non-hydrogen) atoms. The molecule has 1 rings (SSSR count). The van der Waals surface area contributed by atoms with Gasteiger partial charge in [-0.1, -0.05) is 57.0 Å². The molecule has 0 bridgehead atoms. The SMILES string of the molecule is CCSCCC(CBr)(CBr)c1ccccc1F. The molecule has 0 saturated heterocycles. The second kappa shape index (κ2) is 7.80. The predicted molar refractivity (Wildman–Crippen MR) is 83.3 cm³/mol. The van der Waals surface area contributed by atoms with Gasteiger partial charge >= 0.3 is 0 Å². The third kappa shape index (κ3) is 3.97. The third-order valence-electron chi connectivity index (χ3n) is 2.89. The van der Waals surface area contributed by atoms with E-state index in [4.69, 9.17) is 0 Å². The summed E-state index contributed by atoms with van der Waals surface area (Å²) < 4.78 is 13.9. The summed E-state index contributed by atoms with van der Waals surface area (Å²) in [5.74, 6) is 2.06. The maximum atomic E-state index is 13.9. The first-order valence-corrected chi connectivity index (χ1v) is 9.04. The van der Waals surface area contributed by atoms with Crippen molar-refractivity contribution in [3.63, 3.8) is 0 Å². The van der Waals surface area contributed by atoms with Crippen LogP contribution < -0.4 is 0 Å². The molecule has 0 amide bonds. The van der Waals surface area contributed by atoms with Crippen molar-refractivity contribution in [2.24, 2.45) is 0 Å². The molecule has 0 atom stereocenters. The lowest BCUT2D eigenvalue weighted by Gasteiger charge is -2.31. The second-order valence-electron chi connectivity index (χ2n) is 3.97. The first-order chi connectivity index (χ1) is 8.20. The second-order valence-corrected chi connectivity index (χ2v) is 6.49. The molecular formula is C13H17Br2FS. The van der Waals surface area contributed by atoms with Crippen molar-refractivity contribution in [2.45, 2.75) is 18.8 Å². The van der Waals surface area contributed by atoms with E-state index in [1.54, 1.807) is 12.1 Å². The van der Waals surface area contributed by atoms with Crippen molar-refractivity contribution in [1.29, 1.82) is 0 Å². The average Bonchev–Trinajstić information content (AvgIpc) is 2.36. The van der Waals surface area contributed by atoms with Crippen LogP contribution in [0.5, 0.6) is 0 Å². The Kier molecular flexibility index (Phi) is 7.12. The van der Waals surface area contributed by atoms with Crippen molar-refractivity contribution in [1.82, 2.24) is 0 Å². The highest BCUT2D eigenvalue weighted by Gasteiger charge is 2.32. The molecule has 0 saturated carbocycles. The smallest absolute Gasteiger partial charge is 0.127 e. The topological polar surface area (TPSA) is 0 Å². The van der Waals surface area contributed by atoms with Gasteiger partial charge in [0.1, 0.15) is 5.82 Å². The Balaban J connectivity index is 2.94. The normalized spacial score (nSPS) is 11.8. The van der Waals surface area contributed by atoms with E-state index in [1.807, 2.05) is 23.9 Å². The molecule has 0 nitrogen and oxygen atoms in total. The van der Waals surface area contributed by atoms with Crippen LogP contribution in [0.4, 0.5) is 4.39 Å². The quantitative estimate of drug-likeness (QED) is 0.471. The van der Waals surface area contributed by atoms with Crippen LogP contribution in [0.2, 0.25) is 0 Å². The summed E-state index contributed by atoms with van der Waals surface area (Å²) in [6, 6.07) is 7.09. The molecule has 0 radical (unpaired) electrons. The zero-order valence-corrected chi connectivity index (χ0v) is 13.9.